The standard InChI is InChI=1S/C16H19IN2O2/c1-2-11-5-7-16(10-18,8-6-11)19-15(21)12-3-4-13(17)14(20)9-12/h3-4,9,11,20H,2,5-8H2,1H3,(H,19,21). The van der Waals surface area contributed by atoms with E-state index in [0.29, 0.717) is 27.9 Å². The van der Waals surface area contributed by atoms with E-state index >= 15 is 0 Å². The number of carbonyl (C=O) groups excluding carboxylic acids is 1. The number of phenolic OH excluding ortho intramolecular Hbond substituents is 1. The van der Waals surface area contributed by atoms with Gasteiger partial charge < -0.3 is 10.4 Å². The van der Waals surface area contributed by atoms with Crippen molar-refractivity contribution in [3.05, 3.63) is 27.3 Å². The lowest BCUT2D eigenvalue weighted by molar-refractivity contribution is 0.0891. The summed E-state index contributed by atoms with van der Waals surface area (Å²) in [6.45, 7) is 2.16. The molecule has 1 amide bonds. The van der Waals surface area contributed by atoms with Crippen molar-refractivity contribution in [2.24, 2.45) is 5.92 Å². The Morgan fingerprint density at radius 1 is 1.52 bits per heavy atom. The molecule has 0 aliphatic heterocycles. The van der Waals surface area contributed by atoms with Gasteiger partial charge >= 0.3 is 0 Å². The highest BCUT2D eigenvalue weighted by Gasteiger charge is 2.36. The Labute approximate surface area is 138 Å². The molecular formula is C16H19IN2O2. The maximum Gasteiger partial charge on any atom is 0.252 e. The van der Waals surface area contributed by atoms with Crippen molar-refractivity contribution in [3.8, 4) is 11.8 Å². The first-order valence-electron chi connectivity index (χ1n) is 7.22. The molecule has 0 spiro atoms. The van der Waals surface area contributed by atoms with Gasteiger partial charge in [-0.3, -0.25) is 4.79 Å². The van der Waals surface area contributed by atoms with E-state index in [1.165, 1.54) is 6.07 Å². The van der Waals surface area contributed by atoms with Crippen LogP contribution in [0.3, 0.4) is 0 Å². The van der Waals surface area contributed by atoms with Crippen molar-refractivity contribution in [2.75, 3.05) is 0 Å². The molecule has 1 saturated carbocycles. The van der Waals surface area contributed by atoms with Gasteiger partial charge in [0.25, 0.3) is 5.91 Å². The van der Waals surface area contributed by atoms with Crippen LogP contribution >= 0.6 is 22.6 Å². The second-order valence-electron chi connectivity index (χ2n) is 5.67. The molecule has 1 aliphatic rings. The minimum absolute atomic E-state index is 0.0870. The zero-order valence-electron chi connectivity index (χ0n) is 12.0. The molecule has 2 rings (SSSR count). The summed E-state index contributed by atoms with van der Waals surface area (Å²) in [5.41, 5.74) is -0.373. The van der Waals surface area contributed by atoms with Crippen molar-refractivity contribution >= 4 is 28.5 Å². The summed E-state index contributed by atoms with van der Waals surface area (Å²) in [7, 11) is 0. The predicted molar refractivity (Wildman–Crippen MR) is 88.9 cm³/mol. The van der Waals surface area contributed by atoms with Gasteiger partial charge in [-0.2, -0.15) is 5.26 Å². The van der Waals surface area contributed by atoms with Gasteiger partial charge in [-0.15, -0.1) is 0 Å². The summed E-state index contributed by atoms with van der Waals surface area (Å²) in [5, 5.41) is 22.0. The summed E-state index contributed by atoms with van der Waals surface area (Å²) in [4.78, 5) is 12.3. The minimum atomic E-state index is -0.763. The molecule has 0 heterocycles. The van der Waals surface area contributed by atoms with Gasteiger partial charge in [-0.05, 0) is 72.4 Å². The lowest BCUT2D eigenvalue weighted by Gasteiger charge is -2.35. The molecule has 5 heteroatoms. The zero-order chi connectivity index (χ0) is 15.5. The van der Waals surface area contributed by atoms with Gasteiger partial charge in [-0.1, -0.05) is 13.3 Å². The normalized spacial score (nSPS) is 25.1. The van der Waals surface area contributed by atoms with Crippen molar-refractivity contribution in [3.63, 3.8) is 0 Å². The van der Waals surface area contributed by atoms with Crippen LogP contribution in [0.25, 0.3) is 0 Å². The maximum absolute atomic E-state index is 12.3. The quantitative estimate of drug-likeness (QED) is 0.765. The Balaban J connectivity index is 2.10. The number of halogens is 1. The number of nitrogens with one attached hydrogen (secondary N) is 1. The third-order valence-electron chi connectivity index (χ3n) is 4.31. The molecule has 0 radical (unpaired) electrons. The van der Waals surface area contributed by atoms with Crippen LogP contribution in [0.1, 0.15) is 49.4 Å². The highest BCUT2D eigenvalue weighted by atomic mass is 127. The van der Waals surface area contributed by atoms with E-state index in [-0.39, 0.29) is 11.7 Å². The molecule has 1 aliphatic carbocycles. The van der Waals surface area contributed by atoms with Crippen LogP contribution < -0.4 is 5.32 Å². The van der Waals surface area contributed by atoms with Crippen LogP contribution in [0.5, 0.6) is 5.75 Å². The first kappa shape index (κ1) is 16.1. The Hall–Kier alpha value is -1.29. The molecule has 112 valence electrons. The largest absolute Gasteiger partial charge is 0.507 e. The molecule has 1 aromatic rings. The fourth-order valence-electron chi connectivity index (χ4n) is 2.79. The van der Waals surface area contributed by atoms with Gasteiger partial charge in [0.05, 0.1) is 9.64 Å². The van der Waals surface area contributed by atoms with Gasteiger partial charge in [-0.25, -0.2) is 0 Å². The van der Waals surface area contributed by atoms with E-state index in [2.05, 4.69) is 18.3 Å². The maximum atomic E-state index is 12.3. The molecule has 1 aromatic carbocycles. The number of benzene rings is 1. The Morgan fingerprint density at radius 2 is 2.19 bits per heavy atom. The molecule has 0 bridgehead atoms. The van der Waals surface area contributed by atoms with Gasteiger partial charge in [0.15, 0.2) is 0 Å². The second kappa shape index (κ2) is 6.65. The summed E-state index contributed by atoms with van der Waals surface area (Å²) < 4.78 is 0.697. The summed E-state index contributed by atoms with van der Waals surface area (Å²) in [6, 6.07) is 7.10. The number of nitrogens with zero attached hydrogens (tertiary/aromatic N) is 1. The highest BCUT2D eigenvalue weighted by molar-refractivity contribution is 14.1. The van der Waals surface area contributed by atoms with E-state index in [0.717, 1.165) is 19.3 Å². The van der Waals surface area contributed by atoms with Crippen molar-refractivity contribution in [1.82, 2.24) is 5.32 Å². The highest BCUT2D eigenvalue weighted by Crippen LogP contribution is 2.33. The van der Waals surface area contributed by atoms with Crippen molar-refractivity contribution in [1.29, 1.82) is 5.26 Å². The van der Waals surface area contributed by atoms with Crippen molar-refractivity contribution in [2.45, 2.75) is 44.6 Å². The fourth-order valence-corrected chi connectivity index (χ4v) is 3.12. The number of rotatable bonds is 3. The SMILES string of the molecule is CCC1CCC(C#N)(NC(=O)c2ccc(I)c(O)c2)CC1. The molecule has 0 atom stereocenters. The topological polar surface area (TPSA) is 73.1 Å². The number of carbonyl (C=O) groups is 1. The molecule has 4 nitrogen and oxygen atoms in total. The molecule has 0 unspecified atom stereocenters. The lowest BCUT2D eigenvalue weighted by atomic mass is 9.76. The van der Waals surface area contributed by atoms with E-state index in [4.69, 9.17) is 0 Å². The first-order valence-corrected chi connectivity index (χ1v) is 8.30. The summed E-state index contributed by atoms with van der Waals surface area (Å²) in [5.74, 6) is 0.452. The summed E-state index contributed by atoms with van der Waals surface area (Å²) in [6.07, 6.45) is 4.47. The molecule has 0 aromatic heterocycles. The molecule has 1 fully saturated rings. The van der Waals surface area contributed by atoms with Crippen LogP contribution in [0.2, 0.25) is 0 Å². The zero-order valence-corrected chi connectivity index (χ0v) is 14.2. The number of amides is 1. The van der Waals surface area contributed by atoms with Gasteiger partial charge in [0.2, 0.25) is 0 Å². The van der Waals surface area contributed by atoms with Crippen LogP contribution in [-0.2, 0) is 0 Å². The van der Waals surface area contributed by atoms with Crippen LogP contribution in [0, 0.1) is 20.8 Å². The van der Waals surface area contributed by atoms with E-state index < -0.39 is 5.54 Å². The third-order valence-corrected chi connectivity index (χ3v) is 5.22. The van der Waals surface area contributed by atoms with E-state index in [9.17, 15) is 15.2 Å². The number of hydrogen-bond donors (Lipinski definition) is 2. The average molecular weight is 398 g/mol. The van der Waals surface area contributed by atoms with Crippen LogP contribution in [-0.4, -0.2) is 16.6 Å². The summed E-state index contributed by atoms with van der Waals surface area (Å²) >= 11 is 2.00. The fraction of sp³-hybridized carbons (Fsp3) is 0.500. The van der Waals surface area contributed by atoms with Crippen molar-refractivity contribution < 1.29 is 9.90 Å². The predicted octanol–water partition coefficient (Wildman–Crippen LogP) is 3.59. The van der Waals surface area contributed by atoms with E-state index in [1.807, 2.05) is 22.6 Å². The molecule has 2 N–H and O–H groups in total. The Morgan fingerprint density at radius 3 is 2.71 bits per heavy atom. The number of phenols is 1. The minimum Gasteiger partial charge on any atom is -0.507 e. The van der Waals surface area contributed by atoms with Gasteiger partial charge in [0.1, 0.15) is 11.3 Å². The Kier molecular flexibility index (Phi) is 5.09. The van der Waals surface area contributed by atoms with Gasteiger partial charge in [0, 0.05) is 5.56 Å². The number of aromatic hydroxyl groups is 1. The second-order valence-corrected chi connectivity index (χ2v) is 6.83. The first-order chi connectivity index (χ1) is 9.99. The molecule has 0 saturated heterocycles. The molecular weight excluding hydrogens is 379 g/mol. The average Bonchev–Trinajstić information content (AvgIpc) is 2.50. The molecule has 21 heavy (non-hydrogen) atoms. The number of hydrogen-bond acceptors (Lipinski definition) is 3. The van der Waals surface area contributed by atoms with Crippen LogP contribution in [0.15, 0.2) is 18.2 Å². The van der Waals surface area contributed by atoms with Crippen LogP contribution in [0.4, 0.5) is 0 Å². The lowest BCUT2D eigenvalue weighted by Crippen LogP contribution is -2.49. The monoisotopic (exact) mass is 398 g/mol. The number of nitriles is 1. The Bertz CT molecular complexity index is 572. The third kappa shape index (κ3) is 3.67. The van der Waals surface area contributed by atoms with E-state index in [1.54, 1.807) is 12.1 Å². The smallest absolute Gasteiger partial charge is 0.252 e.